The van der Waals surface area contributed by atoms with Gasteiger partial charge in [-0.2, -0.15) is 0 Å². The number of para-hydroxylation sites is 2. The van der Waals surface area contributed by atoms with Crippen molar-refractivity contribution in [2.45, 2.75) is 31.8 Å². The van der Waals surface area contributed by atoms with Gasteiger partial charge in [-0.15, -0.1) is 10.2 Å². The third kappa shape index (κ3) is 3.47. The molecule has 0 saturated heterocycles. The molecule has 0 spiro atoms. The third-order valence-corrected chi connectivity index (χ3v) is 6.05. The van der Waals surface area contributed by atoms with E-state index in [2.05, 4.69) is 29.4 Å². The lowest BCUT2D eigenvalue weighted by Crippen LogP contribution is -2.20. The average Bonchev–Trinajstić information content (AvgIpc) is 3.16. The molecule has 7 nitrogen and oxygen atoms in total. The number of carbonyl (C=O) groups excluding carboxylic acids is 1. The van der Waals surface area contributed by atoms with Gasteiger partial charge in [0.2, 0.25) is 11.7 Å². The zero-order valence-corrected chi connectivity index (χ0v) is 18.2. The molecule has 4 rings (SSSR count). The highest BCUT2D eigenvalue weighted by Crippen LogP contribution is 2.28. The fourth-order valence-electron chi connectivity index (χ4n) is 3.55. The Kier molecular flexibility index (Phi) is 5.34. The van der Waals surface area contributed by atoms with Crippen LogP contribution in [0.4, 0.5) is 5.69 Å². The molecule has 2 aromatic carbocycles. The summed E-state index contributed by atoms with van der Waals surface area (Å²) in [7, 11) is 1.67. The van der Waals surface area contributed by atoms with Crippen molar-refractivity contribution in [2.24, 2.45) is 7.05 Å². The molecule has 0 aliphatic rings. The maximum atomic E-state index is 12.7. The summed E-state index contributed by atoms with van der Waals surface area (Å²) in [4.78, 5) is 25.3. The summed E-state index contributed by atoms with van der Waals surface area (Å²) in [6.45, 7) is 6.21. The van der Waals surface area contributed by atoms with Gasteiger partial charge < -0.3 is 5.32 Å². The van der Waals surface area contributed by atoms with Crippen molar-refractivity contribution < 1.29 is 4.79 Å². The van der Waals surface area contributed by atoms with Gasteiger partial charge in [-0.1, -0.05) is 55.9 Å². The SMILES string of the molecule is Cc1cccc(C(C)C)c1NC(=O)CSc1nnc2n(C)c(=O)c3ccccc3n12. The highest BCUT2D eigenvalue weighted by Gasteiger charge is 2.17. The van der Waals surface area contributed by atoms with Gasteiger partial charge in [-0.05, 0) is 36.1 Å². The van der Waals surface area contributed by atoms with Crippen LogP contribution in [0.2, 0.25) is 0 Å². The van der Waals surface area contributed by atoms with Crippen molar-refractivity contribution in [2.75, 3.05) is 11.1 Å². The second-order valence-electron chi connectivity index (χ2n) is 7.53. The second kappa shape index (κ2) is 7.95. The van der Waals surface area contributed by atoms with Crippen LogP contribution in [0.1, 0.15) is 30.9 Å². The van der Waals surface area contributed by atoms with Crippen LogP contribution < -0.4 is 10.9 Å². The van der Waals surface area contributed by atoms with Crippen molar-refractivity contribution in [3.8, 4) is 0 Å². The average molecular weight is 422 g/mol. The van der Waals surface area contributed by atoms with Crippen LogP contribution in [-0.4, -0.2) is 30.8 Å². The highest BCUT2D eigenvalue weighted by atomic mass is 32.2. The van der Waals surface area contributed by atoms with Gasteiger partial charge in [0.15, 0.2) is 5.16 Å². The molecular weight excluding hydrogens is 398 g/mol. The van der Waals surface area contributed by atoms with Gasteiger partial charge >= 0.3 is 0 Å². The van der Waals surface area contributed by atoms with Crippen LogP contribution in [-0.2, 0) is 11.8 Å². The predicted octanol–water partition coefficient (Wildman–Crippen LogP) is 3.74. The molecule has 1 amide bonds. The van der Waals surface area contributed by atoms with E-state index in [-0.39, 0.29) is 17.2 Å². The Bertz CT molecular complexity index is 1320. The van der Waals surface area contributed by atoms with Crippen molar-refractivity contribution in [3.05, 3.63) is 63.9 Å². The first-order valence-corrected chi connectivity index (χ1v) is 10.7. The predicted molar refractivity (Wildman–Crippen MR) is 120 cm³/mol. The zero-order valence-electron chi connectivity index (χ0n) is 17.3. The Morgan fingerprint density at radius 1 is 1.13 bits per heavy atom. The topological polar surface area (TPSA) is 81.3 Å². The normalized spacial score (nSPS) is 11.5. The number of anilines is 1. The van der Waals surface area contributed by atoms with Crippen LogP contribution in [0.5, 0.6) is 0 Å². The van der Waals surface area contributed by atoms with E-state index in [1.807, 2.05) is 47.7 Å². The number of fused-ring (bicyclic) bond motifs is 3. The van der Waals surface area contributed by atoms with Crippen molar-refractivity contribution in [3.63, 3.8) is 0 Å². The van der Waals surface area contributed by atoms with E-state index in [1.54, 1.807) is 13.1 Å². The second-order valence-corrected chi connectivity index (χ2v) is 8.47. The molecule has 0 radical (unpaired) electrons. The summed E-state index contributed by atoms with van der Waals surface area (Å²) in [5, 5.41) is 12.6. The van der Waals surface area contributed by atoms with E-state index in [0.717, 1.165) is 22.3 Å². The lowest BCUT2D eigenvalue weighted by Gasteiger charge is -2.16. The van der Waals surface area contributed by atoms with Gasteiger partial charge in [0.25, 0.3) is 5.56 Å². The molecule has 0 fully saturated rings. The first kappa shape index (κ1) is 20.2. The number of aromatic nitrogens is 4. The molecule has 0 aliphatic heterocycles. The van der Waals surface area contributed by atoms with Gasteiger partial charge in [0.05, 0.1) is 16.7 Å². The van der Waals surface area contributed by atoms with Gasteiger partial charge in [0.1, 0.15) is 0 Å². The first-order valence-electron chi connectivity index (χ1n) is 9.73. The molecule has 0 unspecified atom stereocenters. The summed E-state index contributed by atoms with van der Waals surface area (Å²) in [6.07, 6.45) is 0. The maximum Gasteiger partial charge on any atom is 0.262 e. The van der Waals surface area contributed by atoms with Crippen LogP contribution >= 0.6 is 11.8 Å². The van der Waals surface area contributed by atoms with E-state index in [1.165, 1.54) is 16.3 Å². The summed E-state index contributed by atoms with van der Waals surface area (Å²) in [6, 6.07) is 13.4. The van der Waals surface area contributed by atoms with Crippen LogP contribution in [0.15, 0.2) is 52.4 Å². The van der Waals surface area contributed by atoms with Gasteiger partial charge in [-0.3, -0.25) is 18.6 Å². The minimum atomic E-state index is -0.124. The third-order valence-electron chi connectivity index (χ3n) is 5.12. The molecule has 0 atom stereocenters. The number of amides is 1. The van der Waals surface area contributed by atoms with E-state index in [9.17, 15) is 9.59 Å². The lowest BCUT2D eigenvalue weighted by molar-refractivity contribution is -0.113. The minimum Gasteiger partial charge on any atom is -0.325 e. The number of carbonyl (C=O) groups is 1. The van der Waals surface area contributed by atoms with E-state index in [0.29, 0.717) is 22.2 Å². The summed E-state index contributed by atoms with van der Waals surface area (Å²) < 4.78 is 3.30. The van der Waals surface area contributed by atoms with Gasteiger partial charge in [-0.25, -0.2) is 0 Å². The number of thioether (sulfide) groups is 1. The number of rotatable bonds is 5. The zero-order chi connectivity index (χ0) is 21.4. The maximum absolute atomic E-state index is 12.7. The lowest BCUT2D eigenvalue weighted by atomic mass is 9.98. The number of nitrogens with zero attached hydrogens (tertiary/aromatic N) is 4. The Balaban J connectivity index is 1.63. The molecule has 154 valence electrons. The highest BCUT2D eigenvalue weighted by molar-refractivity contribution is 7.99. The summed E-state index contributed by atoms with van der Waals surface area (Å²) >= 11 is 1.30. The number of hydrogen-bond donors (Lipinski definition) is 1. The molecule has 2 aromatic heterocycles. The van der Waals surface area contributed by atoms with Crippen LogP contribution in [0, 0.1) is 6.92 Å². The number of hydrogen-bond acceptors (Lipinski definition) is 5. The largest absolute Gasteiger partial charge is 0.325 e. The molecule has 1 N–H and O–H groups in total. The van der Waals surface area contributed by atoms with E-state index >= 15 is 0 Å². The van der Waals surface area contributed by atoms with Crippen LogP contribution in [0.25, 0.3) is 16.7 Å². The number of nitrogens with one attached hydrogen (secondary N) is 1. The summed E-state index contributed by atoms with van der Waals surface area (Å²) in [5.41, 5.74) is 3.62. The molecule has 8 heteroatoms. The van der Waals surface area contributed by atoms with Crippen molar-refractivity contribution in [1.82, 2.24) is 19.2 Å². The monoisotopic (exact) mass is 421 g/mol. The molecule has 30 heavy (non-hydrogen) atoms. The quantitative estimate of drug-likeness (QED) is 0.497. The Labute approximate surface area is 178 Å². The van der Waals surface area contributed by atoms with Crippen LogP contribution in [0.3, 0.4) is 0 Å². The molecular formula is C22H23N5O2S. The first-order chi connectivity index (χ1) is 14.4. The Morgan fingerprint density at radius 3 is 2.67 bits per heavy atom. The number of aryl methyl sites for hydroxylation is 2. The molecule has 2 heterocycles. The smallest absolute Gasteiger partial charge is 0.262 e. The Morgan fingerprint density at radius 2 is 1.90 bits per heavy atom. The Hall–Kier alpha value is -3.13. The van der Waals surface area contributed by atoms with Gasteiger partial charge in [0, 0.05) is 12.7 Å². The van der Waals surface area contributed by atoms with E-state index < -0.39 is 0 Å². The molecule has 0 bridgehead atoms. The fraction of sp³-hybridized carbons (Fsp3) is 0.273. The minimum absolute atomic E-state index is 0.109. The molecule has 0 saturated carbocycles. The van der Waals surface area contributed by atoms with Crippen molar-refractivity contribution >= 4 is 40.0 Å². The van der Waals surface area contributed by atoms with Crippen molar-refractivity contribution in [1.29, 1.82) is 0 Å². The van der Waals surface area contributed by atoms with E-state index in [4.69, 9.17) is 0 Å². The molecule has 4 aromatic rings. The number of benzene rings is 2. The fourth-order valence-corrected chi connectivity index (χ4v) is 4.29. The summed E-state index contributed by atoms with van der Waals surface area (Å²) in [5.74, 6) is 0.828. The standard InChI is InChI=1S/C22H23N5O2S/c1-13(2)15-10-7-8-14(3)19(15)23-18(28)12-30-22-25-24-21-26(4)20(29)16-9-5-6-11-17(16)27(21)22/h5-11,13H,12H2,1-4H3,(H,23,28). The molecule has 0 aliphatic carbocycles.